The maximum Gasteiger partial charge on any atom is 0.234 e. The number of benzene rings is 2. The Hall–Kier alpha value is -2.64. The highest BCUT2D eigenvalue weighted by Crippen LogP contribution is 2.34. The molecule has 0 fully saturated rings. The minimum Gasteiger partial charge on any atom is -0.325 e. The van der Waals surface area contributed by atoms with Crippen LogP contribution in [0.4, 0.5) is 5.69 Å². The highest BCUT2D eigenvalue weighted by molar-refractivity contribution is 7.99. The number of para-hydroxylation sites is 1. The Balaban J connectivity index is 1.54. The zero-order chi connectivity index (χ0) is 22.5. The van der Waals surface area contributed by atoms with Crippen LogP contribution in [0.1, 0.15) is 38.3 Å². The second-order valence-electron chi connectivity index (χ2n) is 7.60. The maximum atomic E-state index is 12.8. The minimum atomic E-state index is -0.0146. The van der Waals surface area contributed by atoms with Crippen LogP contribution < -0.4 is 5.32 Å². The number of hydrogen-bond acceptors (Lipinski definition) is 5. The molecule has 7 heteroatoms. The van der Waals surface area contributed by atoms with Gasteiger partial charge in [-0.25, -0.2) is 0 Å². The zero-order valence-corrected chi connectivity index (χ0v) is 20.4. The number of hydrogen-bond donors (Lipinski definition) is 1. The molecule has 0 aliphatic rings. The third-order valence-corrected chi connectivity index (χ3v) is 7.41. The fraction of sp³-hybridized carbons (Fsp3) is 0.320. The lowest BCUT2D eigenvalue weighted by atomic mass is 10.0. The van der Waals surface area contributed by atoms with Gasteiger partial charge >= 0.3 is 0 Å². The van der Waals surface area contributed by atoms with Gasteiger partial charge in [0.05, 0.1) is 5.75 Å². The van der Waals surface area contributed by atoms with Crippen LogP contribution in [0.25, 0.3) is 21.5 Å². The first kappa shape index (κ1) is 22.6. The number of thioether (sulfide) groups is 1. The highest BCUT2D eigenvalue weighted by atomic mass is 32.2. The maximum absolute atomic E-state index is 12.8. The monoisotopic (exact) mass is 464 g/mol. The lowest BCUT2D eigenvalue weighted by Crippen LogP contribution is -2.17. The molecule has 0 unspecified atom stereocenters. The number of nitrogens with one attached hydrogen (secondary N) is 1. The Labute approximate surface area is 197 Å². The lowest BCUT2D eigenvalue weighted by Gasteiger charge is -2.14. The average Bonchev–Trinajstić information content (AvgIpc) is 3.42. The van der Waals surface area contributed by atoms with Crippen molar-refractivity contribution < 1.29 is 4.79 Å². The first-order chi connectivity index (χ1) is 15.7. The van der Waals surface area contributed by atoms with Gasteiger partial charge in [-0.3, -0.25) is 4.79 Å². The van der Waals surface area contributed by atoms with E-state index in [0.29, 0.717) is 5.75 Å². The Morgan fingerprint density at radius 1 is 1.03 bits per heavy atom. The van der Waals surface area contributed by atoms with Crippen LogP contribution >= 0.6 is 23.1 Å². The molecule has 4 rings (SSSR count). The summed E-state index contributed by atoms with van der Waals surface area (Å²) in [5.41, 5.74) is 4.41. The molecule has 0 radical (unpaired) electrons. The van der Waals surface area contributed by atoms with Crippen LogP contribution in [-0.4, -0.2) is 26.4 Å². The molecule has 0 saturated carbocycles. The van der Waals surface area contributed by atoms with Crippen LogP contribution in [0.2, 0.25) is 0 Å². The molecule has 0 aliphatic heterocycles. The molecule has 0 atom stereocenters. The topological polar surface area (TPSA) is 59.8 Å². The van der Waals surface area contributed by atoms with Gasteiger partial charge in [-0.1, -0.05) is 68.9 Å². The number of thiophene rings is 1. The van der Waals surface area contributed by atoms with E-state index in [-0.39, 0.29) is 5.91 Å². The quantitative estimate of drug-likeness (QED) is 0.290. The third kappa shape index (κ3) is 4.59. The van der Waals surface area contributed by atoms with E-state index in [0.717, 1.165) is 48.0 Å². The molecule has 0 bridgehead atoms. The van der Waals surface area contributed by atoms with Gasteiger partial charge in [-0.2, -0.15) is 0 Å². The van der Waals surface area contributed by atoms with Crippen molar-refractivity contribution in [2.24, 2.45) is 0 Å². The van der Waals surface area contributed by atoms with Gasteiger partial charge in [0.2, 0.25) is 5.91 Å². The van der Waals surface area contributed by atoms with Crippen molar-refractivity contribution in [2.45, 2.75) is 51.7 Å². The Kier molecular flexibility index (Phi) is 7.27. The van der Waals surface area contributed by atoms with Crippen LogP contribution in [-0.2, 0) is 24.2 Å². The van der Waals surface area contributed by atoms with Crippen molar-refractivity contribution in [3.63, 3.8) is 0 Å². The number of fused-ring (bicyclic) bond motifs is 1. The standard InChI is InChI=1S/C25H28N4OS2/c1-4-14-29-24(20-15-31-21-13-8-7-12-19(20)21)27-28-25(29)32-16-22(30)26-23-17(5-2)10-9-11-18(23)6-3/h7-13,15H,4-6,14,16H2,1-3H3,(H,26,30). The number of anilines is 1. The van der Waals surface area contributed by atoms with Crippen LogP contribution in [0.5, 0.6) is 0 Å². The van der Waals surface area contributed by atoms with Crippen LogP contribution in [0.3, 0.4) is 0 Å². The molecule has 166 valence electrons. The van der Waals surface area contributed by atoms with E-state index < -0.39 is 0 Å². The van der Waals surface area contributed by atoms with Gasteiger partial charge in [-0.15, -0.1) is 21.5 Å². The molecule has 1 N–H and O–H groups in total. The summed E-state index contributed by atoms with van der Waals surface area (Å²) in [6, 6.07) is 14.6. The SMILES string of the molecule is CCCn1c(SCC(=O)Nc2c(CC)cccc2CC)nnc1-c1csc2ccccc12. The molecule has 2 aromatic carbocycles. The number of aromatic nitrogens is 3. The summed E-state index contributed by atoms with van der Waals surface area (Å²) in [6.45, 7) is 7.18. The number of amides is 1. The molecule has 32 heavy (non-hydrogen) atoms. The molecule has 5 nitrogen and oxygen atoms in total. The summed E-state index contributed by atoms with van der Waals surface area (Å²) in [6.07, 6.45) is 2.75. The molecule has 0 spiro atoms. The highest BCUT2D eigenvalue weighted by Gasteiger charge is 2.18. The van der Waals surface area contributed by atoms with E-state index in [1.54, 1.807) is 11.3 Å². The summed E-state index contributed by atoms with van der Waals surface area (Å²) >= 11 is 3.16. The zero-order valence-electron chi connectivity index (χ0n) is 18.7. The van der Waals surface area contributed by atoms with Gasteiger partial charge in [0.25, 0.3) is 0 Å². The number of nitrogens with zero attached hydrogens (tertiary/aromatic N) is 3. The third-order valence-electron chi connectivity index (χ3n) is 5.48. The lowest BCUT2D eigenvalue weighted by molar-refractivity contribution is -0.113. The average molecular weight is 465 g/mol. The first-order valence-electron chi connectivity index (χ1n) is 11.1. The van der Waals surface area contributed by atoms with E-state index in [9.17, 15) is 4.79 Å². The van der Waals surface area contributed by atoms with Gasteiger partial charge < -0.3 is 9.88 Å². The predicted octanol–water partition coefficient (Wildman–Crippen LogP) is 6.43. The second-order valence-corrected chi connectivity index (χ2v) is 9.45. The summed E-state index contributed by atoms with van der Waals surface area (Å²) in [4.78, 5) is 12.8. The van der Waals surface area contributed by atoms with Gasteiger partial charge in [0.1, 0.15) is 0 Å². The Morgan fingerprint density at radius 2 is 1.78 bits per heavy atom. The number of aryl methyl sites for hydroxylation is 2. The van der Waals surface area contributed by atoms with E-state index in [2.05, 4.69) is 88.7 Å². The van der Waals surface area contributed by atoms with Crippen molar-refractivity contribution >= 4 is 44.8 Å². The molecule has 4 aromatic rings. The summed E-state index contributed by atoms with van der Waals surface area (Å²) in [7, 11) is 0. The fourth-order valence-electron chi connectivity index (χ4n) is 3.88. The summed E-state index contributed by atoms with van der Waals surface area (Å²) in [5, 5.41) is 16.2. The molecule has 1 amide bonds. The molecular weight excluding hydrogens is 436 g/mol. The molecule has 0 aliphatic carbocycles. The predicted molar refractivity (Wildman–Crippen MR) is 136 cm³/mol. The van der Waals surface area contributed by atoms with Crippen molar-refractivity contribution in [1.29, 1.82) is 0 Å². The second kappa shape index (κ2) is 10.3. The largest absolute Gasteiger partial charge is 0.325 e. The van der Waals surface area contributed by atoms with Crippen molar-refractivity contribution in [3.05, 3.63) is 59.0 Å². The van der Waals surface area contributed by atoms with E-state index in [1.165, 1.54) is 33.0 Å². The van der Waals surface area contributed by atoms with E-state index in [1.807, 2.05) is 0 Å². The molecular formula is C25H28N4OS2. The summed E-state index contributed by atoms with van der Waals surface area (Å²) < 4.78 is 3.38. The molecule has 0 saturated heterocycles. The minimum absolute atomic E-state index is 0.0146. The Morgan fingerprint density at radius 3 is 2.50 bits per heavy atom. The smallest absolute Gasteiger partial charge is 0.234 e. The molecule has 2 heterocycles. The van der Waals surface area contributed by atoms with Gasteiger partial charge in [0.15, 0.2) is 11.0 Å². The fourth-order valence-corrected chi connectivity index (χ4v) is 5.58. The number of rotatable bonds is 9. The number of carbonyl (C=O) groups excluding carboxylic acids is 1. The van der Waals surface area contributed by atoms with E-state index in [4.69, 9.17) is 0 Å². The van der Waals surface area contributed by atoms with Crippen molar-refractivity contribution in [1.82, 2.24) is 14.8 Å². The van der Waals surface area contributed by atoms with Crippen molar-refractivity contribution in [2.75, 3.05) is 11.1 Å². The van der Waals surface area contributed by atoms with E-state index >= 15 is 0 Å². The van der Waals surface area contributed by atoms with Crippen molar-refractivity contribution in [3.8, 4) is 11.4 Å². The van der Waals surface area contributed by atoms with Crippen LogP contribution in [0, 0.1) is 0 Å². The summed E-state index contributed by atoms with van der Waals surface area (Å²) in [5.74, 6) is 1.16. The van der Waals surface area contributed by atoms with Crippen LogP contribution in [0.15, 0.2) is 53.0 Å². The normalized spacial score (nSPS) is 11.2. The van der Waals surface area contributed by atoms with Gasteiger partial charge in [-0.05, 0) is 36.5 Å². The number of carbonyl (C=O) groups is 1. The Bertz CT molecular complexity index is 1210. The van der Waals surface area contributed by atoms with Gasteiger partial charge in [0, 0.05) is 33.3 Å². The first-order valence-corrected chi connectivity index (χ1v) is 13.0. The molecule has 2 aromatic heterocycles.